The number of rotatable bonds is 2. The highest BCUT2D eigenvalue weighted by atomic mass is 14.5. The summed E-state index contributed by atoms with van der Waals surface area (Å²) in [4.78, 5) is 0. The van der Waals surface area contributed by atoms with Gasteiger partial charge in [0.05, 0.1) is 0 Å². The van der Waals surface area contributed by atoms with E-state index in [1.165, 1.54) is 0 Å². The zero-order valence-electron chi connectivity index (χ0n) is 14.1. The number of hydrogen-bond acceptors (Lipinski definition) is 0. The van der Waals surface area contributed by atoms with E-state index in [1.807, 2.05) is 0 Å². The maximum atomic E-state index is 1.64. The molecule has 0 spiro atoms. The lowest BCUT2D eigenvalue weighted by molar-refractivity contribution is 0.0403. The Labute approximate surface area is 132 Å². The fourth-order valence-electron chi connectivity index (χ4n) is 7.12. The summed E-state index contributed by atoms with van der Waals surface area (Å²) in [6.45, 7) is 0. The molecule has 120 valence electrons. The van der Waals surface area contributed by atoms with Crippen LogP contribution >= 0.6 is 0 Å². The lowest BCUT2D eigenvalue weighted by atomic mass is 9.59. The second kappa shape index (κ2) is 6.63. The molecule has 0 aromatic carbocycles. The topological polar surface area (TPSA) is 0 Å². The Morgan fingerprint density at radius 2 is 0.857 bits per heavy atom. The van der Waals surface area contributed by atoms with Gasteiger partial charge in [-0.15, -0.1) is 0 Å². The van der Waals surface area contributed by atoms with E-state index in [2.05, 4.69) is 0 Å². The van der Waals surface area contributed by atoms with Crippen molar-refractivity contribution in [3.8, 4) is 0 Å². The van der Waals surface area contributed by atoms with Gasteiger partial charge in [-0.3, -0.25) is 0 Å². The van der Waals surface area contributed by atoms with Crippen LogP contribution in [0.15, 0.2) is 0 Å². The van der Waals surface area contributed by atoms with E-state index in [9.17, 15) is 0 Å². The molecule has 0 aliphatic heterocycles. The maximum absolute atomic E-state index is 1.64. The van der Waals surface area contributed by atoms with Crippen molar-refractivity contribution in [2.24, 2.45) is 35.5 Å². The fourth-order valence-corrected chi connectivity index (χ4v) is 7.12. The van der Waals surface area contributed by atoms with E-state index in [0.29, 0.717) is 0 Å². The molecular weight excluding hydrogens is 252 g/mol. The second-order valence-corrected chi connectivity index (χ2v) is 9.03. The summed E-state index contributed by atoms with van der Waals surface area (Å²) in [7, 11) is 0. The van der Waals surface area contributed by atoms with E-state index < -0.39 is 0 Å². The van der Waals surface area contributed by atoms with Crippen molar-refractivity contribution in [1.29, 1.82) is 0 Å². The fraction of sp³-hybridized carbons (Fsp3) is 1.00. The summed E-state index contributed by atoms with van der Waals surface area (Å²) in [6.07, 6.45) is 23.6. The molecule has 0 N–H and O–H groups in total. The van der Waals surface area contributed by atoms with Crippen LogP contribution in [-0.2, 0) is 0 Å². The molecular formula is C21H36. The van der Waals surface area contributed by atoms with Crippen molar-refractivity contribution in [3.05, 3.63) is 0 Å². The monoisotopic (exact) mass is 288 g/mol. The molecule has 0 aromatic heterocycles. The first-order valence-electron chi connectivity index (χ1n) is 10.4. The largest absolute Gasteiger partial charge is 0.0530 e. The first kappa shape index (κ1) is 14.6. The maximum Gasteiger partial charge on any atom is -0.0357 e. The van der Waals surface area contributed by atoms with Gasteiger partial charge in [0.15, 0.2) is 0 Å². The standard InChI is InChI=1S/C21H36/c1-3-13-20-16(7-1)9-5-11-18(20)15-19-12-6-10-17-8-2-4-14-21(17)19/h16-21H,1-15H2. The summed E-state index contributed by atoms with van der Waals surface area (Å²) in [6, 6.07) is 0. The van der Waals surface area contributed by atoms with E-state index in [1.54, 1.807) is 96.3 Å². The minimum Gasteiger partial charge on any atom is -0.0530 e. The molecule has 0 heterocycles. The highest BCUT2D eigenvalue weighted by Crippen LogP contribution is 2.51. The molecule has 6 unspecified atom stereocenters. The molecule has 4 aliphatic carbocycles. The van der Waals surface area contributed by atoms with Crippen LogP contribution in [0.4, 0.5) is 0 Å². The van der Waals surface area contributed by atoms with Gasteiger partial charge in [0.25, 0.3) is 0 Å². The minimum absolute atomic E-state index is 1.13. The van der Waals surface area contributed by atoms with Crippen LogP contribution in [0.1, 0.15) is 96.3 Å². The van der Waals surface area contributed by atoms with Crippen molar-refractivity contribution >= 4 is 0 Å². The molecule has 0 radical (unpaired) electrons. The van der Waals surface area contributed by atoms with E-state index in [4.69, 9.17) is 0 Å². The van der Waals surface area contributed by atoms with Crippen molar-refractivity contribution in [3.63, 3.8) is 0 Å². The van der Waals surface area contributed by atoms with Gasteiger partial charge in [-0.2, -0.15) is 0 Å². The molecule has 4 fully saturated rings. The summed E-state index contributed by atoms with van der Waals surface area (Å²) in [5, 5.41) is 0. The lowest BCUT2D eigenvalue weighted by Crippen LogP contribution is -2.36. The Bertz CT molecular complexity index is 297. The van der Waals surface area contributed by atoms with Crippen molar-refractivity contribution in [2.45, 2.75) is 96.3 Å². The normalized spacial score (nSPS) is 47.4. The molecule has 21 heavy (non-hydrogen) atoms. The Morgan fingerprint density at radius 1 is 0.429 bits per heavy atom. The van der Waals surface area contributed by atoms with E-state index in [-0.39, 0.29) is 0 Å². The summed E-state index contributed by atoms with van der Waals surface area (Å²) in [5.41, 5.74) is 0. The summed E-state index contributed by atoms with van der Waals surface area (Å²) < 4.78 is 0. The van der Waals surface area contributed by atoms with Crippen LogP contribution < -0.4 is 0 Å². The van der Waals surface area contributed by atoms with Gasteiger partial charge in [-0.05, 0) is 54.8 Å². The van der Waals surface area contributed by atoms with Crippen LogP contribution in [0.5, 0.6) is 0 Å². The van der Waals surface area contributed by atoms with Gasteiger partial charge in [0.2, 0.25) is 0 Å². The third-order valence-corrected chi connectivity index (χ3v) is 8.05. The Hall–Kier alpha value is 0. The SMILES string of the molecule is C1CCC2C(C1)CCCC2CC1CCCC2CCCCC21. The van der Waals surface area contributed by atoms with Gasteiger partial charge in [0, 0.05) is 0 Å². The Balaban J connectivity index is 1.41. The van der Waals surface area contributed by atoms with Crippen LogP contribution in [0, 0.1) is 35.5 Å². The Kier molecular flexibility index (Phi) is 4.60. The molecule has 0 amide bonds. The van der Waals surface area contributed by atoms with Gasteiger partial charge in [-0.1, -0.05) is 77.0 Å². The zero-order valence-corrected chi connectivity index (χ0v) is 14.1. The number of fused-ring (bicyclic) bond motifs is 2. The van der Waals surface area contributed by atoms with Crippen LogP contribution in [0.25, 0.3) is 0 Å². The predicted octanol–water partition coefficient (Wildman–Crippen LogP) is 6.59. The average Bonchev–Trinajstić information content (AvgIpc) is 2.56. The molecule has 4 saturated carbocycles. The Morgan fingerprint density at radius 3 is 1.38 bits per heavy atom. The van der Waals surface area contributed by atoms with E-state index >= 15 is 0 Å². The second-order valence-electron chi connectivity index (χ2n) is 9.03. The average molecular weight is 289 g/mol. The first-order chi connectivity index (χ1) is 10.4. The predicted molar refractivity (Wildman–Crippen MR) is 90.2 cm³/mol. The third-order valence-electron chi connectivity index (χ3n) is 8.05. The zero-order chi connectivity index (χ0) is 14.1. The van der Waals surface area contributed by atoms with Crippen LogP contribution in [0.3, 0.4) is 0 Å². The molecule has 6 atom stereocenters. The van der Waals surface area contributed by atoms with Crippen molar-refractivity contribution < 1.29 is 0 Å². The van der Waals surface area contributed by atoms with Gasteiger partial charge in [0.1, 0.15) is 0 Å². The molecule has 0 bridgehead atoms. The van der Waals surface area contributed by atoms with Crippen molar-refractivity contribution in [1.82, 2.24) is 0 Å². The summed E-state index contributed by atoms with van der Waals surface area (Å²) in [5.74, 6) is 6.85. The summed E-state index contributed by atoms with van der Waals surface area (Å²) >= 11 is 0. The molecule has 4 rings (SSSR count). The molecule has 0 saturated heterocycles. The molecule has 0 nitrogen and oxygen atoms in total. The highest BCUT2D eigenvalue weighted by molar-refractivity contribution is 4.90. The highest BCUT2D eigenvalue weighted by Gasteiger charge is 2.40. The minimum atomic E-state index is 1.13. The third kappa shape index (κ3) is 3.06. The van der Waals surface area contributed by atoms with Gasteiger partial charge >= 0.3 is 0 Å². The first-order valence-corrected chi connectivity index (χ1v) is 10.4. The molecule has 0 aromatic rings. The van der Waals surface area contributed by atoms with Crippen LogP contribution in [0.2, 0.25) is 0 Å². The molecule has 4 aliphatic rings. The van der Waals surface area contributed by atoms with Crippen LogP contribution in [-0.4, -0.2) is 0 Å². The smallest absolute Gasteiger partial charge is 0.0357 e. The van der Waals surface area contributed by atoms with Crippen molar-refractivity contribution in [2.75, 3.05) is 0 Å². The lowest BCUT2D eigenvalue weighted by Gasteiger charge is -2.47. The van der Waals surface area contributed by atoms with E-state index in [0.717, 1.165) is 35.5 Å². The number of hydrogen-bond donors (Lipinski definition) is 0. The molecule has 0 heteroatoms. The quantitative estimate of drug-likeness (QED) is 0.537. The van der Waals surface area contributed by atoms with Gasteiger partial charge in [-0.25, -0.2) is 0 Å². The van der Waals surface area contributed by atoms with Gasteiger partial charge < -0.3 is 0 Å².